The summed E-state index contributed by atoms with van der Waals surface area (Å²) in [4.78, 5) is 36.9. The number of carbonyl (C=O) groups excluding carboxylic acids is 3. The number of anilines is 1. The highest BCUT2D eigenvalue weighted by Gasteiger charge is 2.17. The third kappa shape index (κ3) is 4.58. The van der Waals surface area contributed by atoms with Gasteiger partial charge in [-0.1, -0.05) is 6.07 Å². The molecule has 0 aromatic heterocycles. The Kier molecular flexibility index (Phi) is 5.52. The molecule has 3 amide bonds. The fourth-order valence-electron chi connectivity index (χ4n) is 2.45. The van der Waals surface area contributed by atoms with Gasteiger partial charge in [0.15, 0.2) is 0 Å². The average Bonchev–Trinajstić information content (AvgIpc) is 2.52. The van der Waals surface area contributed by atoms with Crippen molar-refractivity contribution >= 4 is 23.4 Å². The number of likely N-dealkylation sites (tertiary alicyclic amines) is 1. The minimum Gasteiger partial charge on any atom is -0.343 e. The number of hydrogen-bond donors (Lipinski definition) is 2. The minimum absolute atomic E-state index is 0.00317. The lowest BCUT2D eigenvalue weighted by molar-refractivity contribution is -0.131. The molecule has 6 heteroatoms. The first kappa shape index (κ1) is 16.0. The van der Waals surface area contributed by atoms with E-state index >= 15 is 0 Å². The zero-order valence-corrected chi connectivity index (χ0v) is 12.7. The van der Waals surface area contributed by atoms with E-state index in [0.717, 1.165) is 32.4 Å². The highest BCUT2D eigenvalue weighted by Crippen LogP contribution is 2.11. The molecule has 1 fully saturated rings. The molecule has 1 aromatic rings. The van der Waals surface area contributed by atoms with Gasteiger partial charge >= 0.3 is 0 Å². The second kappa shape index (κ2) is 7.59. The van der Waals surface area contributed by atoms with Crippen LogP contribution in [0.4, 0.5) is 5.69 Å². The van der Waals surface area contributed by atoms with Crippen molar-refractivity contribution in [1.82, 2.24) is 10.2 Å². The van der Waals surface area contributed by atoms with E-state index in [4.69, 9.17) is 0 Å². The molecule has 1 aliphatic rings. The minimum atomic E-state index is -0.322. The fourth-order valence-corrected chi connectivity index (χ4v) is 2.45. The summed E-state index contributed by atoms with van der Waals surface area (Å²) in [6.07, 6.45) is 3.21. The van der Waals surface area contributed by atoms with Gasteiger partial charge in [0.25, 0.3) is 5.91 Å². The highest BCUT2D eigenvalue weighted by molar-refractivity contribution is 5.98. The first-order valence-electron chi connectivity index (χ1n) is 7.50. The van der Waals surface area contributed by atoms with Gasteiger partial charge in [-0.25, -0.2) is 0 Å². The van der Waals surface area contributed by atoms with Crippen LogP contribution in [0.3, 0.4) is 0 Å². The summed E-state index contributed by atoms with van der Waals surface area (Å²) in [6.45, 7) is 2.95. The Morgan fingerprint density at radius 1 is 1.14 bits per heavy atom. The van der Waals surface area contributed by atoms with Crippen molar-refractivity contribution in [2.45, 2.75) is 26.2 Å². The molecular formula is C16H21N3O3. The number of nitrogens with zero attached hydrogens (tertiary/aromatic N) is 1. The number of amides is 3. The molecule has 118 valence electrons. The maximum atomic E-state index is 12.1. The van der Waals surface area contributed by atoms with Gasteiger partial charge < -0.3 is 15.5 Å². The third-order valence-electron chi connectivity index (χ3n) is 3.55. The van der Waals surface area contributed by atoms with Crippen molar-refractivity contribution in [3.8, 4) is 0 Å². The van der Waals surface area contributed by atoms with E-state index < -0.39 is 0 Å². The molecule has 0 bridgehead atoms. The van der Waals surface area contributed by atoms with Gasteiger partial charge in [0.2, 0.25) is 11.8 Å². The van der Waals surface area contributed by atoms with Crippen molar-refractivity contribution in [1.29, 1.82) is 0 Å². The number of carbonyl (C=O) groups is 3. The Balaban J connectivity index is 1.88. The Hall–Kier alpha value is -2.37. The van der Waals surface area contributed by atoms with Crippen LogP contribution in [0.5, 0.6) is 0 Å². The molecule has 6 nitrogen and oxygen atoms in total. The molecule has 0 saturated carbocycles. The number of piperidine rings is 1. The van der Waals surface area contributed by atoms with E-state index in [2.05, 4.69) is 10.6 Å². The molecule has 0 spiro atoms. The molecule has 2 N–H and O–H groups in total. The Morgan fingerprint density at radius 3 is 2.55 bits per heavy atom. The van der Waals surface area contributed by atoms with Crippen molar-refractivity contribution < 1.29 is 14.4 Å². The number of nitrogens with one attached hydrogen (secondary N) is 2. The van der Waals surface area contributed by atoms with Crippen molar-refractivity contribution in [3.05, 3.63) is 29.8 Å². The summed E-state index contributed by atoms with van der Waals surface area (Å²) in [7, 11) is 0. The van der Waals surface area contributed by atoms with E-state index in [9.17, 15) is 14.4 Å². The van der Waals surface area contributed by atoms with Crippen LogP contribution in [-0.4, -0.2) is 42.3 Å². The smallest absolute Gasteiger partial charge is 0.251 e. The van der Waals surface area contributed by atoms with E-state index in [1.807, 2.05) is 0 Å². The molecule has 0 radical (unpaired) electrons. The van der Waals surface area contributed by atoms with Gasteiger partial charge in [-0.15, -0.1) is 0 Å². The molecule has 1 aliphatic heterocycles. The SMILES string of the molecule is CC(=O)Nc1cccc(C(=O)NCC(=O)N2CCCCC2)c1. The second-order valence-electron chi connectivity index (χ2n) is 5.39. The second-order valence-corrected chi connectivity index (χ2v) is 5.39. The molecule has 22 heavy (non-hydrogen) atoms. The van der Waals surface area contributed by atoms with Crippen LogP contribution in [0, 0.1) is 0 Å². The lowest BCUT2D eigenvalue weighted by atomic mass is 10.1. The summed E-state index contributed by atoms with van der Waals surface area (Å²) in [5.41, 5.74) is 0.972. The zero-order chi connectivity index (χ0) is 15.9. The molecule has 0 unspecified atom stereocenters. The predicted molar refractivity (Wildman–Crippen MR) is 83.5 cm³/mol. The number of rotatable bonds is 4. The van der Waals surface area contributed by atoms with Crippen molar-refractivity contribution in [2.75, 3.05) is 25.0 Å². The molecule has 1 heterocycles. The molecule has 2 rings (SSSR count). The van der Waals surface area contributed by atoms with Gasteiger partial charge in [-0.05, 0) is 37.5 Å². The Morgan fingerprint density at radius 2 is 1.86 bits per heavy atom. The van der Waals surface area contributed by atoms with Gasteiger partial charge in [0.1, 0.15) is 0 Å². The largest absolute Gasteiger partial charge is 0.343 e. The standard InChI is InChI=1S/C16H21N3O3/c1-12(20)18-14-7-5-6-13(10-14)16(22)17-11-15(21)19-8-3-2-4-9-19/h5-7,10H,2-4,8-9,11H2,1H3,(H,17,22)(H,18,20). The van der Waals surface area contributed by atoms with Crippen LogP contribution in [0.2, 0.25) is 0 Å². The maximum Gasteiger partial charge on any atom is 0.251 e. The molecule has 1 saturated heterocycles. The van der Waals surface area contributed by atoms with Crippen molar-refractivity contribution in [3.63, 3.8) is 0 Å². The summed E-state index contributed by atoms with van der Waals surface area (Å²) >= 11 is 0. The number of hydrogen-bond acceptors (Lipinski definition) is 3. The third-order valence-corrected chi connectivity index (χ3v) is 3.55. The molecule has 0 atom stereocenters. The van der Waals surface area contributed by atoms with Crippen LogP contribution in [0.15, 0.2) is 24.3 Å². The summed E-state index contributed by atoms with van der Waals surface area (Å²) in [6, 6.07) is 6.62. The first-order valence-corrected chi connectivity index (χ1v) is 7.50. The first-order chi connectivity index (χ1) is 10.6. The van der Waals surface area contributed by atoms with Crippen LogP contribution in [0.25, 0.3) is 0 Å². The van der Waals surface area contributed by atoms with Gasteiger partial charge in [-0.2, -0.15) is 0 Å². The Bertz CT molecular complexity index is 566. The normalized spacial score (nSPS) is 14.3. The van der Waals surface area contributed by atoms with E-state index in [1.54, 1.807) is 29.2 Å². The maximum absolute atomic E-state index is 12.1. The van der Waals surface area contributed by atoms with E-state index in [1.165, 1.54) is 6.92 Å². The predicted octanol–water partition coefficient (Wildman–Crippen LogP) is 1.39. The summed E-state index contributed by atoms with van der Waals surface area (Å²) < 4.78 is 0. The van der Waals surface area contributed by atoms with Crippen LogP contribution >= 0.6 is 0 Å². The monoisotopic (exact) mass is 303 g/mol. The lowest BCUT2D eigenvalue weighted by Gasteiger charge is -2.26. The highest BCUT2D eigenvalue weighted by atomic mass is 16.2. The molecule has 0 aliphatic carbocycles. The summed E-state index contributed by atoms with van der Waals surface area (Å²) in [5, 5.41) is 5.26. The summed E-state index contributed by atoms with van der Waals surface area (Å²) in [5.74, 6) is -0.568. The van der Waals surface area contributed by atoms with Gasteiger partial charge in [0.05, 0.1) is 6.54 Å². The van der Waals surface area contributed by atoms with Crippen LogP contribution < -0.4 is 10.6 Å². The lowest BCUT2D eigenvalue weighted by Crippen LogP contribution is -2.42. The fraction of sp³-hybridized carbons (Fsp3) is 0.438. The number of benzene rings is 1. The van der Waals surface area contributed by atoms with E-state index in [0.29, 0.717) is 11.3 Å². The Labute approximate surface area is 129 Å². The molecule has 1 aromatic carbocycles. The van der Waals surface area contributed by atoms with Gasteiger partial charge in [-0.3, -0.25) is 14.4 Å². The van der Waals surface area contributed by atoms with Crippen LogP contribution in [-0.2, 0) is 9.59 Å². The zero-order valence-electron chi connectivity index (χ0n) is 12.7. The van der Waals surface area contributed by atoms with E-state index in [-0.39, 0.29) is 24.3 Å². The average molecular weight is 303 g/mol. The van der Waals surface area contributed by atoms with Gasteiger partial charge in [0, 0.05) is 31.3 Å². The van der Waals surface area contributed by atoms with Crippen molar-refractivity contribution in [2.24, 2.45) is 0 Å². The topological polar surface area (TPSA) is 78.5 Å². The quantitative estimate of drug-likeness (QED) is 0.882. The molecular weight excluding hydrogens is 282 g/mol. The van der Waals surface area contributed by atoms with Crippen LogP contribution in [0.1, 0.15) is 36.5 Å².